The van der Waals surface area contributed by atoms with Crippen LogP contribution in [0.5, 0.6) is 11.5 Å². The van der Waals surface area contributed by atoms with Crippen molar-refractivity contribution in [3.63, 3.8) is 0 Å². The van der Waals surface area contributed by atoms with Gasteiger partial charge in [-0.15, -0.1) is 0 Å². The Morgan fingerprint density at radius 1 is 1.07 bits per heavy atom. The molecule has 0 saturated carbocycles. The standard InChI is InChI=1S/C22H24O7/c1-26-17-9-5-15(6-10-17)14-28-22(25)20(21(23)24)16-7-11-18(12-8-16)29-19-4-2-3-13-27-19/h5-12,19-20H,2-4,13-14H2,1H3,(H,23,24)/t19-,20-/m1/s1. The van der Waals surface area contributed by atoms with E-state index in [1.807, 2.05) is 0 Å². The lowest BCUT2D eigenvalue weighted by molar-refractivity contribution is -0.155. The van der Waals surface area contributed by atoms with Crippen LogP contribution in [0, 0.1) is 0 Å². The Kier molecular flexibility index (Phi) is 7.08. The first-order valence-corrected chi connectivity index (χ1v) is 9.47. The third-order valence-electron chi connectivity index (χ3n) is 4.64. The molecule has 0 spiro atoms. The van der Waals surface area contributed by atoms with Gasteiger partial charge in [-0.3, -0.25) is 9.59 Å². The molecule has 7 heteroatoms. The van der Waals surface area contributed by atoms with Crippen LogP contribution in [0.3, 0.4) is 0 Å². The van der Waals surface area contributed by atoms with Gasteiger partial charge in [0.05, 0.1) is 13.7 Å². The number of aliphatic carboxylic acids is 1. The summed E-state index contributed by atoms with van der Waals surface area (Å²) in [6.07, 6.45) is 2.60. The molecule has 3 rings (SSSR count). The Labute approximate surface area is 169 Å². The molecule has 1 N–H and O–H groups in total. The van der Waals surface area contributed by atoms with Gasteiger partial charge in [0.25, 0.3) is 0 Å². The highest BCUT2D eigenvalue weighted by Crippen LogP contribution is 2.24. The maximum atomic E-state index is 12.4. The maximum Gasteiger partial charge on any atom is 0.325 e. The minimum atomic E-state index is -1.41. The zero-order valence-corrected chi connectivity index (χ0v) is 16.2. The lowest BCUT2D eigenvalue weighted by atomic mass is 9.99. The van der Waals surface area contributed by atoms with Crippen molar-refractivity contribution in [3.8, 4) is 11.5 Å². The third-order valence-corrected chi connectivity index (χ3v) is 4.64. The fourth-order valence-electron chi connectivity index (χ4n) is 3.03. The van der Waals surface area contributed by atoms with Gasteiger partial charge in [0.2, 0.25) is 0 Å². The minimum Gasteiger partial charge on any atom is -0.497 e. The number of carbonyl (C=O) groups is 2. The summed E-state index contributed by atoms with van der Waals surface area (Å²) in [6, 6.07) is 13.4. The smallest absolute Gasteiger partial charge is 0.325 e. The summed E-state index contributed by atoms with van der Waals surface area (Å²) >= 11 is 0. The summed E-state index contributed by atoms with van der Waals surface area (Å²) in [7, 11) is 1.56. The number of hydrogen-bond donors (Lipinski definition) is 1. The molecule has 1 saturated heterocycles. The van der Waals surface area contributed by atoms with Gasteiger partial charge in [-0.2, -0.15) is 0 Å². The number of carboxylic acids is 1. The van der Waals surface area contributed by atoms with Crippen LogP contribution < -0.4 is 9.47 Å². The van der Waals surface area contributed by atoms with Gasteiger partial charge in [-0.1, -0.05) is 24.3 Å². The fraction of sp³-hybridized carbons (Fsp3) is 0.364. The van der Waals surface area contributed by atoms with E-state index in [0.29, 0.717) is 23.7 Å². The van der Waals surface area contributed by atoms with E-state index >= 15 is 0 Å². The molecule has 0 bridgehead atoms. The zero-order valence-electron chi connectivity index (χ0n) is 16.2. The SMILES string of the molecule is COc1ccc(COC(=O)[C@@H](C(=O)O)c2ccc(O[C@@H]3CCCCO3)cc2)cc1. The van der Waals surface area contributed by atoms with E-state index in [-0.39, 0.29) is 12.9 Å². The zero-order chi connectivity index (χ0) is 20.6. The van der Waals surface area contributed by atoms with Gasteiger partial charge in [-0.25, -0.2) is 0 Å². The van der Waals surface area contributed by atoms with E-state index < -0.39 is 17.9 Å². The molecule has 0 unspecified atom stereocenters. The largest absolute Gasteiger partial charge is 0.497 e. The van der Waals surface area contributed by atoms with Crippen molar-refractivity contribution in [3.05, 3.63) is 59.7 Å². The first-order chi connectivity index (χ1) is 14.1. The van der Waals surface area contributed by atoms with E-state index in [1.165, 1.54) is 0 Å². The third kappa shape index (κ3) is 5.71. The number of benzene rings is 2. The quantitative estimate of drug-likeness (QED) is 0.535. The van der Waals surface area contributed by atoms with Crippen molar-refractivity contribution in [2.24, 2.45) is 0 Å². The van der Waals surface area contributed by atoms with Gasteiger partial charge in [-0.05, 0) is 48.2 Å². The van der Waals surface area contributed by atoms with Crippen LogP contribution in [0.4, 0.5) is 0 Å². The number of carbonyl (C=O) groups excluding carboxylic acids is 1. The molecule has 0 amide bonds. The second-order valence-corrected chi connectivity index (χ2v) is 6.71. The van der Waals surface area contributed by atoms with E-state index in [2.05, 4.69) is 0 Å². The molecular formula is C22H24O7. The topological polar surface area (TPSA) is 91.3 Å². The highest BCUT2D eigenvalue weighted by molar-refractivity contribution is 5.99. The molecule has 1 aliphatic rings. The second-order valence-electron chi connectivity index (χ2n) is 6.71. The van der Waals surface area contributed by atoms with E-state index in [4.69, 9.17) is 18.9 Å². The van der Waals surface area contributed by atoms with Crippen molar-refractivity contribution < 1.29 is 33.6 Å². The number of ether oxygens (including phenoxy) is 4. The van der Waals surface area contributed by atoms with Gasteiger partial charge in [0.15, 0.2) is 12.2 Å². The van der Waals surface area contributed by atoms with Crippen molar-refractivity contribution in [2.45, 2.75) is 38.1 Å². The van der Waals surface area contributed by atoms with Gasteiger partial charge < -0.3 is 24.1 Å². The first-order valence-electron chi connectivity index (χ1n) is 9.47. The lowest BCUT2D eigenvalue weighted by Crippen LogP contribution is -2.25. The molecule has 154 valence electrons. The maximum absolute atomic E-state index is 12.4. The van der Waals surface area contributed by atoms with Gasteiger partial charge in [0.1, 0.15) is 18.1 Å². The molecule has 2 atom stereocenters. The van der Waals surface area contributed by atoms with Crippen molar-refractivity contribution in [2.75, 3.05) is 13.7 Å². The van der Waals surface area contributed by atoms with Crippen molar-refractivity contribution >= 4 is 11.9 Å². The fourth-order valence-corrected chi connectivity index (χ4v) is 3.03. The van der Waals surface area contributed by atoms with Crippen LogP contribution in [0.1, 0.15) is 36.3 Å². The van der Waals surface area contributed by atoms with E-state index in [0.717, 1.165) is 24.8 Å². The van der Waals surface area contributed by atoms with E-state index in [9.17, 15) is 14.7 Å². The highest BCUT2D eigenvalue weighted by atomic mass is 16.7. The molecule has 1 heterocycles. The Bertz CT molecular complexity index is 808. The predicted octanol–water partition coefficient (Wildman–Crippen LogP) is 3.51. The number of esters is 1. The predicted molar refractivity (Wildman–Crippen MR) is 104 cm³/mol. The van der Waals surface area contributed by atoms with Gasteiger partial charge in [0, 0.05) is 6.42 Å². The van der Waals surface area contributed by atoms with Crippen LogP contribution in [-0.4, -0.2) is 37.1 Å². The summed E-state index contributed by atoms with van der Waals surface area (Å²) in [4.78, 5) is 24.1. The Balaban J connectivity index is 1.61. The summed E-state index contributed by atoms with van der Waals surface area (Å²) in [5, 5.41) is 9.52. The van der Waals surface area contributed by atoms with Crippen molar-refractivity contribution in [1.82, 2.24) is 0 Å². The van der Waals surface area contributed by atoms with Crippen LogP contribution in [0.2, 0.25) is 0 Å². The molecule has 2 aromatic rings. The average molecular weight is 400 g/mol. The van der Waals surface area contributed by atoms with Crippen LogP contribution in [0.25, 0.3) is 0 Å². The van der Waals surface area contributed by atoms with E-state index in [1.54, 1.807) is 55.6 Å². The summed E-state index contributed by atoms with van der Waals surface area (Å²) in [5.41, 5.74) is 1.06. The van der Waals surface area contributed by atoms with Crippen LogP contribution >= 0.6 is 0 Å². The molecule has 0 aliphatic carbocycles. The summed E-state index contributed by atoms with van der Waals surface area (Å²) < 4.78 is 21.6. The second kappa shape index (κ2) is 9.93. The molecule has 2 aromatic carbocycles. The number of rotatable bonds is 8. The molecular weight excluding hydrogens is 376 g/mol. The molecule has 1 fully saturated rings. The van der Waals surface area contributed by atoms with Crippen LogP contribution in [0.15, 0.2) is 48.5 Å². The Morgan fingerprint density at radius 2 is 1.76 bits per heavy atom. The summed E-state index contributed by atoms with van der Waals surface area (Å²) in [6.45, 7) is 0.649. The first kappa shape index (κ1) is 20.7. The average Bonchev–Trinajstić information content (AvgIpc) is 2.74. The molecule has 29 heavy (non-hydrogen) atoms. The molecule has 7 nitrogen and oxygen atoms in total. The number of methoxy groups -OCH3 is 1. The minimum absolute atomic E-state index is 0.0210. The van der Waals surface area contributed by atoms with Crippen LogP contribution in [-0.2, 0) is 25.7 Å². The highest BCUT2D eigenvalue weighted by Gasteiger charge is 2.30. The molecule has 1 aliphatic heterocycles. The Morgan fingerprint density at radius 3 is 2.34 bits per heavy atom. The number of carboxylic acid groups (broad SMARTS) is 1. The lowest BCUT2D eigenvalue weighted by Gasteiger charge is -2.23. The molecule has 0 aromatic heterocycles. The number of hydrogen-bond acceptors (Lipinski definition) is 6. The Hall–Kier alpha value is -3.06. The van der Waals surface area contributed by atoms with Gasteiger partial charge >= 0.3 is 11.9 Å². The molecule has 0 radical (unpaired) electrons. The monoisotopic (exact) mass is 400 g/mol. The normalized spacial score (nSPS) is 17.2. The van der Waals surface area contributed by atoms with Crippen molar-refractivity contribution in [1.29, 1.82) is 0 Å². The summed E-state index contributed by atoms with van der Waals surface area (Å²) in [5.74, 6) is -2.25.